The van der Waals surface area contributed by atoms with Gasteiger partial charge in [-0.05, 0) is 19.1 Å². The second-order valence-corrected chi connectivity index (χ2v) is 3.22. The van der Waals surface area contributed by atoms with Gasteiger partial charge in [-0.15, -0.1) is 0 Å². The Labute approximate surface area is 86.4 Å². The van der Waals surface area contributed by atoms with Crippen LogP contribution in [0.3, 0.4) is 0 Å². The summed E-state index contributed by atoms with van der Waals surface area (Å²) in [6.07, 6.45) is 0. The van der Waals surface area contributed by atoms with E-state index in [9.17, 15) is 9.18 Å². The number of hydrogen-bond acceptors (Lipinski definition) is 3. The van der Waals surface area contributed by atoms with Gasteiger partial charge in [-0.25, -0.2) is 4.39 Å². The van der Waals surface area contributed by atoms with E-state index in [4.69, 9.17) is 10.2 Å². The zero-order valence-corrected chi connectivity index (χ0v) is 8.20. The highest BCUT2D eigenvalue weighted by Crippen LogP contribution is 2.14. The number of benzene rings is 1. The Balaban J connectivity index is 2.82. The minimum Gasteiger partial charge on any atom is -0.508 e. The summed E-state index contributed by atoms with van der Waals surface area (Å²) in [7, 11) is 0. The molecule has 1 aromatic rings. The molecule has 5 heteroatoms. The highest BCUT2D eigenvalue weighted by Gasteiger charge is 2.13. The zero-order valence-electron chi connectivity index (χ0n) is 8.20. The molecule has 0 aromatic heterocycles. The average Bonchev–Trinajstić information content (AvgIpc) is 2.17. The van der Waals surface area contributed by atoms with Crippen molar-refractivity contribution < 1.29 is 19.4 Å². The Morgan fingerprint density at radius 1 is 1.60 bits per heavy atom. The van der Waals surface area contributed by atoms with Crippen LogP contribution in [0.25, 0.3) is 0 Å². The Bertz CT molecular complexity index is 368. The normalized spacial score (nSPS) is 12.2. The van der Waals surface area contributed by atoms with E-state index in [1.807, 2.05) is 0 Å². The minimum absolute atomic E-state index is 0.159. The molecule has 0 aliphatic rings. The van der Waals surface area contributed by atoms with Crippen LogP contribution in [0, 0.1) is 5.82 Å². The fraction of sp³-hybridized carbons (Fsp3) is 0.300. The van der Waals surface area contributed by atoms with Crippen LogP contribution in [0.2, 0.25) is 0 Å². The lowest BCUT2D eigenvalue weighted by Gasteiger charge is -2.11. The van der Waals surface area contributed by atoms with Crippen molar-refractivity contribution in [2.24, 2.45) is 0 Å². The van der Waals surface area contributed by atoms with Gasteiger partial charge in [0.1, 0.15) is 11.6 Å². The fourth-order valence-electron chi connectivity index (χ4n) is 1.04. The number of hydrogen-bond donors (Lipinski definition) is 3. The standard InChI is InChI=1S/C10H12FNO3/c1-6(5-13)12-10(15)8-3-2-7(14)4-9(8)11/h2-4,6,13-14H,5H2,1H3,(H,12,15)/t6-/m0/s1. The number of phenolic OH excluding ortho intramolecular Hbond substituents is 1. The molecule has 0 heterocycles. The van der Waals surface area contributed by atoms with E-state index in [2.05, 4.69) is 5.32 Å². The number of nitrogens with one attached hydrogen (secondary N) is 1. The lowest BCUT2D eigenvalue weighted by Crippen LogP contribution is -2.35. The van der Waals surface area contributed by atoms with Gasteiger partial charge in [0, 0.05) is 12.1 Å². The first-order valence-corrected chi connectivity index (χ1v) is 4.45. The number of carbonyl (C=O) groups is 1. The molecule has 0 fully saturated rings. The Hall–Kier alpha value is -1.62. The van der Waals surface area contributed by atoms with Crippen molar-refractivity contribution in [1.82, 2.24) is 5.32 Å². The first-order chi connectivity index (χ1) is 7.04. The smallest absolute Gasteiger partial charge is 0.254 e. The first kappa shape index (κ1) is 11.5. The number of rotatable bonds is 3. The molecule has 0 unspecified atom stereocenters. The van der Waals surface area contributed by atoms with Gasteiger partial charge >= 0.3 is 0 Å². The van der Waals surface area contributed by atoms with Gasteiger partial charge < -0.3 is 15.5 Å². The van der Waals surface area contributed by atoms with Gasteiger partial charge in [-0.2, -0.15) is 0 Å². The number of aliphatic hydroxyl groups is 1. The number of aromatic hydroxyl groups is 1. The summed E-state index contributed by atoms with van der Waals surface area (Å²) in [5.41, 5.74) is -0.159. The van der Waals surface area contributed by atoms with E-state index in [0.29, 0.717) is 0 Å². The molecular weight excluding hydrogens is 201 g/mol. The molecular formula is C10H12FNO3. The summed E-state index contributed by atoms with van der Waals surface area (Å²) in [5.74, 6) is -1.65. The Morgan fingerprint density at radius 2 is 2.27 bits per heavy atom. The molecule has 0 radical (unpaired) electrons. The third kappa shape index (κ3) is 2.92. The third-order valence-electron chi connectivity index (χ3n) is 1.85. The molecule has 0 saturated carbocycles. The van der Waals surface area contributed by atoms with E-state index in [1.54, 1.807) is 6.92 Å². The molecule has 0 spiro atoms. The van der Waals surface area contributed by atoms with Gasteiger partial charge in [-0.3, -0.25) is 4.79 Å². The van der Waals surface area contributed by atoms with E-state index in [1.165, 1.54) is 12.1 Å². The number of phenols is 1. The maximum absolute atomic E-state index is 13.2. The molecule has 15 heavy (non-hydrogen) atoms. The molecule has 0 bridgehead atoms. The number of amides is 1. The van der Waals surface area contributed by atoms with Crippen LogP contribution < -0.4 is 5.32 Å². The maximum Gasteiger partial charge on any atom is 0.254 e. The number of aliphatic hydroxyl groups excluding tert-OH is 1. The summed E-state index contributed by atoms with van der Waals surface area (Å²) in [5, 5.41) is 20.0. The van der Waals surface area contributed by atoms with Gasteiger partial charge in [0.05, 0.1) is 12.2 Å². The molecule has 0 saturated heterocycles. The number of carbonyl (C=O) groups excluding carboxylic acids is 1. The highest BCUT2D eigenvalue weighted by molar-refractivity contribution is 5.94. The molecule has 1 aromatic carbocycles. The van der Waals surface area contributed by atoms with Crippen molar-refractivity contribution in [3.8, 4) is 5.75 Å². The minimum atomic E-state index is -0.794. The van der Waals surface area contributed by atoms with Gasteiger partial charge in [0.25, 0.3) is 5.91 Å². The van der Waals surface area contributed by atoms with Gasteiger partial charge in [-0.1, -0.05) is 0 Å². The van der Waals surface area contributed by atoms with Crippen LogP contribution in [0.15, 0.2) is 18.2 Å². The average molecular weight is 213 g/mol. The van der Waals surface area contributed by atoms with Crippen molar-refractivity contribution in [1.29, 1.82) is 0 Å². The Kier molecular flexibility index (Phi) is 3.62. The van der Waals surface area contributed by atoms with Crippen LogP contribution in [0.1, 0.15) is 17.3 Å². The van der Waals surface area contributed by atoms with E-state index >= 15 is 0 Å². The molecule has 4 nitrogen and oxygen atoms in total. The summed E-state index contributed by atoms with van der Waals surface area (Å²) >= 11 is 0. The van der Waals surface area contributed by atoms with Gasteiger partial charge in [0.2, 0.25) is 0 Å². The first-order valence-electron chi connectivity index (χ1n) is 4.45. The fourth-order valence-corrected chi connectivity index (χ4v) is 1.04. The predicted molar refractivity (Wildman–Crippen MR) is 52.1 cm³/mol. The van der Waals surface area contributed by atoms with Crippen molar-refractivity contribution >= 4 is 5.91 Å². The molecule has 3 N–H and O–H groups in total. The van der Waals surface area contributed by atoms with E-state index in [0.717, 1.165) is 6.07 Å². The molecule has 0 aliphatic carbocycles. The van der Waals surface area contributed by atoms with Crippen LogP contribution >= 0.6 is 0 Å². The topological polar surface area (TPSA) is 69.6 Å². The quantitative estimate of drug-likeness (QED) is 0.690. The highest BCUT2D eigenvalue weighted by atomic mass is 19.1. The Morgan fingerprint density at radius 3 is 2.80 bits per heavy atom. The SMILES string of the molecule is C[C@@H](CO)NC(=O)c1ccc(O)cc1F. The van der Waals surface area contributed by atoms with E-state index in [-0.39, 0.29) is 17.9 Å². The lowest BCUT2D eigenvalue weighted by atomic mass is 10.2. The van der Waals surface area contributed by atoms with Crippen LogP contribution in [0.5, 0.6) is 5.75 Å². The molecule has 1 rings (SSSR count). The molecule has 1 amide bonds. The van der Waals surface area contributed by atoms with Crippen molar-refractivity contribution in [2.45, 2.75) is 13.0 Å². The van der Waals surface area contributed by atoms with E-state index < -0.39 is 17.8 Å². The van der Waals surface area contributed by atoms with Crippen LogP contribution in [0.4, 0.5) is 4.39 Å². The van der Waals surface area contributed by atoms with Gasteiger partial charge in [0.15, 0.2) is 0 Å². The van der Waals surface area contributed by atoms with Crippen LogP contribution in [-0.4, -0.2) is 28.8 Å². The molecule has 1 atom stereocenters. The number of halogens is 1. The van der Waals surface area contributed by atoms with Crippen molar-refractivity contribution in [3.05, 3.63) is 29.6 Å². The monoisotopic (exact) mass is 213 g/mol. The predicted octanol–water partition coefficient (Wildman–Crippen LogP) is 0.642. The molecule has 82 valence electrons. The van der Waals surface area contributed by atoms with Crippen LogP contribution in [-0.2, 0) is 0 Å². The van der Waals surface area contributed by atoms with Crippen molar-refractivity contribution in [3.63, 3.8) is 0 Å². The third-order valence-corrected chi connectivity index (χ3v) is 1.85. The zero-order chi connectivity index (χ0) is 11.4. The largest absolute Gasteiger partial charge is 0.508 e. The second kappa shape index (κ2) is 4.75. The summed E-state index contributed by atoms with van der Waals surface area (Å²) in [6.45, 7) is 1.38. The van der Waals surface area contributed by atoms with Crippen molar-refractivity contribution in [2.75, 3.05) is 6.61 Å². The summed E-state index contributed by atoms with van der Waals surface area (Å²) in [4.78, 5) is 11.4. The maximum atomic E-state index is 13.2. The summed E-state index contributed by atoms with van der Waals surface area (Å²) < 4.78 is 13.2. The lowest BCUT2D eigenvalue weighted by molar-refractivity contribution is 0.0918. The summed E-state index contributed by atoms with van der Waals surface area (Å²) in [6, 6.07) is 2.83. The molecule has 0 aliphatic heterocycles. The second-order valence-electron chi connectivity index (χ2n) is 3.22.